The molecular weight excluding hydrogens is 308 g/mol. The predicted octanol–water partition coefficient (Wildman–Crippen LogP) is 3.17. The largest absolute Gasteiger partial charge is 0.482 e. The number of nitro benzene ring substituents is 1. The van der Waals surface area contributed by atoms with Crippen LogP contribution in [0, 0.1) is 10.1 Å². The average molecular weight is 319 g/mol. The molecule has 2 aromatic carbocycles. The van der Waals surface area contributed by atoms with Crippen molar-refractivity contribution in [2.24, 2.45) is 0 Å². The van der Waals surface area contributed by atoms with Gasteiger partial charge in [-0.2, -0.15) is 0 Å². The van der Waals surface area contributed by atoms with E-state index in [4.69, 9.17) is 16.3 Å². The molecule has 7 heteroatoms. The Morgan fingerprint density at radius 1 is 1.27 bits per heavy atom. The van der Waals surface area contributed by atoms with Crippen LogP contribution in [0.5, 0.6) is 5.75 Å². The molecule has 0 atom stereocenters. The Kier molecular flexibility index (Phi) is 3.68. The van der Waals surface area contributed by atoms with Gasteiger partial charge < -0.3 is 9.64 Å². The molecule has 1 aliphatic heterocycles. The smallest absolute Gasteiger partial charge is 0.271 e. The molecule has 0 spiro atoms. The van der Waals surface area contributed by atoms with Gasteiger partial charge in [-0.3, -0.25) is 14.9 Å². The van der Waals surface area contributed by atoms with Gasteiger partial charge in [-0.25, -0.2) is 0 Å². The fourth-order valence-corrected chi connectivity index (χ4v) is 2.47. The normalized spacial score (nSPS) is 13.5. The zero-order valence-electron chi connectivity index (χ0n) is 11.4. The van der Waals surface area contributed by atoms with Crippen molar-refractivity contribution in [3.63, 3.8) is 0 Å². The minimum Gasteiger partial charge on any atom is -0.482 e. The van der Waals surface area contributed by atoms with Crippen LogP contribution in [-0.4, -0.2) is 17.4 Å². The van der Waals surface area contributed by atoms with Crippen molar-refractivity contribution >= 4 is 28.9 Å². The quantitative estimate of drug-likeness (QED) is 0.643. The van der Waals surface area contributed by atoms with E-state index in [-0.39, 0.29) is 24.7 Å². The van der Waals surface area contributed by atoms with Crippen LogP contribution in [0.4, 0.5) is 11.4 Å². The number of benzene rings is 2. The Morgan fingerprint density at radius 2 is 2.05 bits per heavy atom. The minimum atomic E-state index is -0.507. The lowest BCUT2D eigenvalue weighted by Crippen LogP contribution is -2.38. The maximum atomic E-state index is 12.1. The third-order valence-electron chi connectivity index (χ3n) is 3.38. The Hall–Kier alpha value is -2.60. The first-order valence-corrected chi connectivity index (χ1v) is 6.89. The number of halogens is 1. The van der Waals surface area contributed by atoms with Crippen LogP contribution in [0.2, 0.25) is 5.02 Å². The first-order chi connectivity index (χ1) is 10.6. The maximum Gasteiger partial charge on any atom is 0.271 e. The lowest BCUT2D eigenvalue weighted by atomic mass is 10.1. The zero-order valence-corrected chi connectivity index (χ0v) is 12.1. The number of ether oxygens (including phenoxy) is 1. The van der Waals surface area contributed by atoms with E-state index in [0.29, 0.717) is 16.5 Å². The van der Waals surface area contributed by atoms with E-state index in [9.17, 15) is 14.9 Å². The molecule has 0 unspecified atom stereocenters. The number of carbonyl (C=O) groups is 1. The van der Waals surface area contributed by atoms with Crippen molar-refractivity contribution in [2.75, 3.05) is 11.5 Å². The highest BCUT2D eigenvalue weighted by Crippen LogP contribution is 2.36. The third-order valence-corrected chi connectivity index (χ3v) is 3.75. The molecule has 3 rings (SSSR count). The molecule has 0 saturated heterocycles. The van der Waals surface area contributed by atoms with E-state index in [1.165, 1.54) is 23.1 Å². The Balaban J connectivity index is 2.01. The van der Waals surface area contributed by atoms with Gasteiger partial charge in [-0.05, 0) is 17.7 Å². The maximum absolute atomic E-state index is 12.1. The van der Waals surface area contributed by atoms with Crippen molar-refractivity contribution in [3.8, 4) is 5.75 Å². The Bertz CT molecular complexity index is 763. The van der Waals surface area contributed by atoms with E-state index < -0.39 is 4.92 Å². The fourth-order valence-electron chi connectivity index (χ4n) is 2.27. The summed E-state index contributed by atoms with van der Waals surface area (Å²) < 4.78 is 5.32. The van der Waals surface area contributed by atoms with Crippen LogP contribution < -0.4 is 9.64 Å². The van der Waals surface area contributed by atoms with E-state index in [0.717, 1.165) is 5.56 Å². The van der Waals surface area contributed by atoms with Crippen LogP contribution in [-0.2, 0) is 11.3 Å². The molecule has 0 saturated carbocycles. The molecule has 1 amide bonds. The van der Waals surface area contributed by atoms with E-state index in [2.05, 4.69) is 0 Å². The van der Waals surface area contributed by atoms with Crippen LogP contribution in [0.15, 0.2) is 42.5 Å². The number of amides is 1. The Labute approximate surface area is 131 Å². The predicted molar refractivity (Wildman–Crippen MR) is 81.2 cm³/mol. The van der Waals surface area contributed by atoms with Crippen molar-refractivity contribution in [2.45, 2.75) is 6.54 Å². The van der Waals surface area contributed by atoms with Gasteiger partial charge in [0, 0.05) is 17.2 Å². The van der Waals surface area contributed by atoms with Crippen LogP contribution in [0.3, 0.4) is 0 Å². The molecule has 0 fully saturated rings. The summed E-state index contributed by atoms with van der Waals surface area (Å²) in [6.07, 6.45) is 0. The molecule has 2 aromatic rings. The van der Waals surface area contributed by atoms with Gasteiger partial charge in [0.2, 0.25) is 0 Å². The first kappa shape index (κ1) is 14.3. The van der Waals surface area contributed by atoms with Gasteiger partial charge in [0.05, 0.1) is 17.2 Å². The topological polar surface area (TPSA) is 72.7 Å². The monoisotopic (exact) mass is 318 g/mol. The van der Waals surface area contributed by atoms with Gasteiger partial charge in [-0.1, -0.05) is 29.8 Å². The summed E-state index contributed by atoms with van der Waals surface area (Å²) >= 11 is 6.12. The van der Waals surface area contributed by atoms with Gasteiger partial charge in [0.1, 0.15) is 5.75 Å². The summed E-state index contributed by atoms with van der Waals surface area (Å²) in [7, 11) is 0. The zero-order chi connectivity index (χ0) is 15.7. The molecule has 0 aliphatic carbocycles. The van der Waals surface area contributed by atoms with Crippen molar-refractivity contribution < 1.29 is 14.5 Å². The summed E-state index contributed by atoms with van der Waals surface area (Å²) in [6, 6.07) is 11.3. The molecule has 22 heavy (non-hydrogen) atoms. The summed E-state index contributed by atoms with van der Waals surface area (Å²) in [6.45, 7) is 0.130. The standard InChI is InChI=1S/C15H11ClN2O4/c16-12-4-2-1-3-10(12)8-17-13-7-11(18(20)21)5-6-14(13)22-9-15(17)19/h1-7H,8-9H2. The summed E-state index contributed by atoms with van der Waals surface area (Å²) in [5.74, 6) is 0.171. The third kappa shape index (κ3) is 2.60. The van der Waals surface area contributed by atoms with E-state index in [1.807, 2.05) is 12.1 Å². The lowest BCUT2D eigenvalue weighted by Gasteiger charge is -2.29. The number of hydrogen-bond donors (Lipinski definition) is 0. The van der Waals surface area contributed by atoms with Crippen LogP contribution in [0.1, 0.15) is 5.56 Å². The Morgan fingerprint density at radius 3 is 2.77 bits per heavy atom. The average Bonchev–Trinajstić information content (AvgIpc) is 2.51. The molecular formula is C15H11ClN2O4. The van der Waals surface area contributed by atoms with Gasteiger partial charge >= 0.3 is 0 Å². The molecule has 112 valence electrons. The SMILES string of the molecule is O=C1COc2ccc([N+](=O)[O-])cc2N1Cc1ccccc1Cl. The number of nitro groups is 1. The molecule has 0 bridgehead atoms. The number of carbonyl (C=O) groups excluding carboxylic acids is 1. The molecule has 1 heterocycles. The molecule has 0 aromatic heterocycles. The van der Waals surface area contributed by atoms with E-state index in [1.54, 1.807) is 12.1 Å². The second-order valence-corrected chi connectivity index (χ2v) is 5.18. The van der Waals surface area contributed by atoms with Gasteiger partial charge in [0.25, 0.3) is 11.6 Å². The number of rotatable bonds is 3. The van der Waals surface area contributed by atoms with Crippen molar-refractivity contribution in [3.05, 3.63) is 63.2 Å². The summed E-state index contributed by atoms with van der Waals surface area (Å²) in [5, 5.41) is 11.5. The van der Waals surface area contributed by atoms with E-state index >= 15 is 0 Å². The first-order valence-electron chi connectivity index (χ1n) is 6.51. The van der Waals surface area contributed by atoms with Crippen LogP contribution >= 0.6 is 11.6 Å². The summed E-state index contributed by atoms with van der Waals surface area (Å²) in [5.41, 5.74) is 1.04. The lowest BCUT2D eigenvalue weighted by molar-refractivity contribution is -0.384. The number of hydrogen-bond acceptors (Lipinski definition) is 4. The number of fused-ring (bicyclic) bond motifs is 1. The highest BCUT2D eigenvalue weighted by atomic mass is 35.5. The highest BCUT2D eigenvalue weighted by molar-refractivity contribution is 6.31. The number of anilines is 1. The van der Waals surface area contributed by atoms with Gasteiger partial charge in [0.15, 0.2) is 6.61 Å². The number of non-ortho nitro benzene ring substituents is 1. The van der Waals surface area contributed by atoms with Crippen molar-refractivity contribution in [1.82, 2.24) is 0 Å². The molecule has 0 radical (unpaired) electrons. The second-order valence-electron chi connectivity index (χ2n) is 4.77. The molecule has 1 aliphatic rings. The fraction of sp³-hybridized carbons (Fsp3) is 0.133. The molecule has 0 N–H and O–H groups in total. The van der Waals surface area contributed by atoms with Crippen molar-refractivity contribution in [1.29, 1.82) is 0 Å². The summed E-state index contributed by atoms with van der Waals surface area (Å²) in [4.78, 5) is 24.0. The van der Waals surface area contributed by atoms with Gasteiger partial charge in [-0.15, -0.1) is 0 Å². The molecule has 6 nitrogen and oxygen atoms in total. The highest BCUT2D eigenvalue weighted by Gasteiger charge is 2.28. The second kappa shape index (κ2) is 5.65. The van der Waals surface area contributed by atoms with Crippen LogP contribution in [0.25, 0.3) is 0 Å². The number of nitrogens with zero attached hydrogens (tertiary/aromatic N) is 2. The minimum absolute atomic E-state index is 0.0961.